The monoisotopic (exact) mass is 362 g/mol. The van der Waals surface area contributed by atoms with Crippen LogP contribution in [0, 0.1) is 23.1 Å². The number of halogens is 1. The molecule has 2 N–H and O–H groups in total. The van der Waals surface area contributed by atoms with Crippen LogP contribution >= 0.6 is 0 Å². The van der Waals surface area contributed by atoms with Crippen LogP contribution in [0.15, 0.2) is 42.7 Å². The number of carbonyl (C=O) groups is 1. The number of nitrogens with zero attached hydrogens (tertiary/aromatic N) is 2. The molecule has 0 bridgehead atoms. The van der Waals surface area contributed by atoms with Crippen molar-refractivity contribution in [3.05, 3.63) is 54.1 Å². The zero-order chi connectivity index (χ0) is 18.8. The molecule has 2 aromatic heterocycles. The lowest BCUT2D eigenvalue weighted by atomic mass is 9.87. The molecule has 0 aliphatic heterocycles. The summed E-state index contributed by atoms with van der Waals surface area (Å²) in [6.45, 7) is 0. The molecule has 4 rings (SSSR count). The van der Waals surface area contributed by atoms with Crippen LogP contribution in [-0.4, -0.2) is 21.9 Å². The zero-order valence-corrected chi connectivity index (χ0v) is 14.7. The number of fused-ring (bicyclic) bond motifs is 1. The minimum absolute atomic E-state index is 0.110. The summed E-state index contributed by atoms with van der Waals surface area (Å²) < 4.78 is 13.8. The van der Waals surface area contributed by atoms with Crippen LogP contribution in [0.25, 0.3) is 22.2 Å². The van der Waals surface area contributed by atoms with Gasteiger partial charge >= 0.3 is 0 Å². The molecule has 136 valence electrons. The minimum atomic E-state index is -0.388. The molecule has 5 nitrogen and oxygen atoms in total. The predicted molar refractivity (Wildman–Crippen MR) is 100 cm³/mol. The largest absolute Gasteiger partial charge is 0.359 e. The van der Waals surface area contributed by atoms with E-state index < -0.39 is 0 Å². The fraction of sp³-hybridized carbons (Fsp3) is 0.286. The van der Waals surface area contributed by atoms with Crippen LogP contribution in [0.1, 0.15) is 36.0 Å². The first kappa shape index (κ1) is 17.2. The van der Waals surface area contributed by atoms with E-state index in [4.69, 9.17) is 5.26 Å². The van der Waals surface area contributed by atoms with Crippen LogP contribution in [0.3, 0.4) is 0 Å². The van der Waals surface area contributed by atoms with Gasteiger partial charge in [0.15, 0.2) is 5.82 Å². The Bertz CT molecular complexity index is 1010. The SMILES string of the molecule is N#C[C@H]1CC[C@H](NC(=O)c2ccc(-c3ncc(F)c4[nH]ccc34)cc2)CC1. The second-order valence-electron chi connectivity index (χ2n) is 6.95. The first-order chi connectivity index (χ1) is 13.2. The highest BCUT2D eigenvalue weighted by molar-refractivity contribution is 5.96. The number of nitrogens with one attached hydrogen (secondary N) is 2. The molecule has 27 heavy (non-hydrogen) atoms. The van der Waals surface area contributed by atoms with Gasteiger partial charge in [-0.1, -0.05) is 12.1 Å². The maximum Gasteiger partial charge on any atom is 0.251 e. The first-order valence-corrected chi connectivity index (χ1v) is 9.08. The fourth-order valence-electron chi connectivity index (χ4n) is 3.66. The van der Waals surface area contributed by atoms with Crippen LogP contribution < -0.4 is 5.32 Å². The molecule has 0 radical (unpaired) electrons. The lowest BCUT2D eigenvalue weighted by Gasteiger charge is -2.25. The average Bonchev–Trinajstić information content (AvgIpc) is 3.20. The van der Waals surface area contributed by atoms with Gasteiger partial charge in [0.1, 0.15) is 0 Å². The van der Waals surface area contributed by atoms with E-state index in [0.29, 0.717) is 22.2 Å². The Kier molecular flexibility index (Phi) is 4.59. The van der Waals surface area contributed by atoms with E-state index >= 15 is 0 Å². The quantitative estimate of drug-likeness (QED) is 0.733. The van der Waals surface area contributed by atoms with Crippen LogP contribution in [0.4, 0.5) is 4.39 Å². The molecule has 1 aliphatic rings. The highest BCUT2D eigenvalue weighted by Gasteiger charge is 2.22. The van der Waals surface area contributed by atoms with E-state index in [1.54, 1.807) is 24.4 Å². The Hall–Kier alpha value is -3.20. The van der Waals surface area contributed by atoms with Gasteiger partial charge in [0, 0.05) is 34.7 Å². The Morgan fingerprint density at radius 3 is 2.63 bits per heavy atom. The molecule has 6 heteroatoms. The Morgan fingerprint density at radius 2 is 1.93 bits per heavy atom. The number of rotatable bonds is 3. The van der Waals surface area contributed by atoms with Gasteiger partial charge in [-0.15, -0.1) is 0 Å². The van der Waals surface area contributed by atoms with Gasteiger partial charge in [-0.05, 0) is 43.9 Å². The molecular formula is C21H19FN4O. The van der Waals surface area contributed by atoms with Gasteiger partial charge in [0.2, 0.25) is 0 Å². The Labute approximate surface area is 156 Å². The number of hydrogen-bond donors (Lipinski definition) is 2. The highest BCUT2D eigenvalue weighted by atomic mass is 19.1. The third-order valence-corrected chi connectivity index (χ3v) is 5.21. The molecule has 1 aliphatic carbocycles. The molecule has 0 atom stereocenters. The fourth-order valence-corrected chi connectivity index (χ4v) is 3.66. The van der Waals surface area contributed by atoms with Crippen molar-refractivity contribution in [2.45, 2.75) is 31.7 Å². The molecule has 0 unspecified atom stereocenters. The molecule has 1 aromatic carbocycles. The average molecular weight is 362 g/mol. The summed E-state index contributed by atoms with van der Waals surface area (Å²) in [5.74, 6) is -0.382. The van der Waals surface area contributed by atoms with Crippen molar-refractivity contribution in [3.8, 4) is 17.3 Å². The summed E-state index contributed by atoms with van der Waals surface area (Å²) in [5, 5.41) is 12.7. The molecule has 1 saturated carbocycles. The van der Waals surface area contributed by atoms with E-state index in [9.17, 15) is 9.18 Å². The second kappa shape index (κ2) is 7.20. The molecule has 1 fully saturated rings. The summed E-state index contributed by atoms with van der Waals surface area (Å²) in [4.78, 5) is 19.6. The van der Waals surface area contributed by atoms with E-state index in [2.05, 4.69) is 21.4 Å². The first-order valence-electron chi connectivity index (χ1n) is 9.08. The standard InChI is InChI=1S/C21H19FN4O/c22-18-12-25-19(17-9-10-24-20(17)18)14-3-5-15(6-4-14)21(27)26-16-7-1-13(11-23)2-8-16/h3-6,9-10,12-13,16,24H,1-2,7-8H2,(H,26,27)/t13-,16-. The van der Waals surface area contributed by atoms with Gasteiger partial charge < -0.3 is 10.3 Å². The Balaban J connectivity index is 1.49. The Morgan fingerprint density at radius 1 is 1.19 bits per heavy atom. The lowest BCUT2D eigenvalue weighted by molar-refractivity contribution is 0.0925. The number of amides is 1. The van der Waals surface area contributed by atoms with Gasteiger partial charge in [-0.25, -0.2) is 4.39 Å². The third kappa shape index (κ3) is 3.41. The van der Waals surface area contributed by atoms with Crippen LogP contribution in [0.5, 0.6) is 0 Å². The maximum absolute atomic E-state index is 13.8. The predicted octanol–water partition coefficient (Wildman–Crippen LogP) is 4.18. The lowest BCUT2D eigenvalue weighted by Crippen LogP contribution is -2.37. The smallest absolute Gasteiger partial charge is 0.251 e. The topological polar surface area (TPSA) is 81.6 Å². The van der Waals surface area contributed by atoms with E-state index in [-0.39, 0.29) is 23.7 Å². The second-order valence-corrected chi connectivity index (χ2v) is 6.95. The summed E-state index contributed by atoms with van der Waals surface area (Å²) in [7, 11) is 0. The van der Waals surface area contributed by atoms with E-state index in [0.717, 1.165) is 31.2 Å². The maximum atomic E-state index is 13.8. The number of benzene rings is 1. The number of hydrogen-bond acceptors (Lipinski definition) is 3. The van der Waals surface area contributed by atoms with E-state index in [1.165, 1.54) is 6.20 Å². The van der Waals surface area contributed by atoms with Gasteiger partial charge in [-0.2, -0.15) is 5.26 Å². The molecule has 2 heterocycles. The molecule has 1 amide bonds. The van der Waals surface area contributed by atoms with Crippen molar-refractivity contribution >= 4 is 16.8 Å². The summed E-state index contributed by atoms with van der Waals surface area (Å²) in [5.41, 5.74) is 2.50. The van der Waals surface area contributed by atoms with Crippen molar-refractivity contribution in [3.63, 3.8) is 0 Å². The highest BCUT2D eigenvalue weighted by Crippen LogP contribution is 2.28. The summed E-state index contributed by atoms with van der Waals surface area (Å²) >= 11 is 0. The zero-order valence-electron chi connectivity index (χ0n) is 14.7. The van der Waals surface area contributed by atoms with E-state index in [1.807, 2.05) is 12.1 Å². The molecule has 0 saturated heterocycles. The van der Waals surface area contributed by atoms with Gasteiger partial charge in [-0.3, -0.25) is 9.78 Å². The van der Waals surface area contributed by atoms with Crippen molar-refractivity contribution in [1.29, 1.82) is 5.26 Å². The van der Waals surface area contributed by atoms with Crippen molar-refractivity contribution < 1.29 is 9.18 Å². The number of nitriles is 1. The van der Waals surface area contributed by atoms with Crippen LogP contribution in [-0.2, 0) is 0 Å². The van der Waals surface area contributed by atoms with Gasteiger partial charge in [0.25, 0.3) is 5.91 Å². The normalized spacial score (nSPS) is 19.6. The van der Waals surface area contributed by atoms with Crippen molar-refractivity contribution in [2.75, 3.05) is 0 Å². The third-order valence-electron chi connectivity index (χ3n) is 5.21. The number of aromatic amines is 1. The minimum Gasteiger partial charge on any atom is -0.359 e. The molecule has 0 spiro atoms. The van der Waals surface area contributed by atoms with Gasteiger partial charge in [0.05, 0.1) is 23.5 Å². The van der Waals surface area contributed by atoms with Crippen LogP contribution in [0.2, 0.25) is 0 Å². The number of aromatic nitrogens is 2. The number of carbonyl (C=O) groups excluding carboxylic acids is 1. The molecule has 3 aromatic rings. The number of pyridine rings is 1. The van der Waals surface area contributed by atoms with Crippen molar-refractivity contribution in [1.82, 2.24) is 15.3 Å². The molecular weight excluding hydrogens is 343 g/mol. The number of H-pyrrole nitrogens is 1. The van der Waals surface area contributed by atoms with Crippen molar-refractivity contribution in [2.24, 2.45) is 5.92 Å². The summed E-state index contributed by atoms with van der Waals surface area (Å²) in [6.07, 6.45) is 6.24. The summed E-state index contributed by atoms with van der Waals surface area (Å²) in [6, 6.07) is 11.4.